The Labute approximate surface area is 144 Å². The Hall–Kier alpha value is -1.88. The third-order valence-corrected chi connectivity index (χ3v) is 4.74. The number of para-hydroxylation sites is 1. The smallest absolute Gasteiger partial charge is 0.124 e. The van der Waals surface area contributed by atoms with Gasteiger partial charge in [-0.05, 0) is 18.6 Å². The largest absolute Gasteiger partial charge is 0.489 e. The monoisotopic (exact) mass is 326 g/mol. The summed E-state index contributed by atoms with van der Waals surface area (Å²) in [4.78, 5) is 2.34. The maximum absolute atomic E-state index is 9.81. The number of nitrogens with zero attached hydrogens (tertiary/aromatic N) is 1. The molecule has 2 aromatic rings. The second kappa shape index (κ2) is 7.79. The molecule has 0 radical (unpaired) electrons. The molecular weight excluding hydrogens is 300 g/mol. The van der Waals surface area contributed by atoms with Gasteiger partial charge in [-0.15, -0.1) is 0 Å². The third kappa shape index (κ3) is 3.96. The molecule has 0 aliphatic carbocycles. The molecule has 4 heteroatoms. The van der Waals surface area contributed by atoms with Gasteiger partial charge in [0.15, 0.2) is 0 Å². The summed E-state index contributed by atoms with van der Waals surface area (Å²) in [6, 6.07) is 18.4. The van der Waals surface area contributed by atoms with E-state index in [1.54, 1.807) is 0 Å². The van der Waals surface area contributed by atoms with Crippen molar-refractivity contribution in [1.82, 2.24) is 10.2 Å². The topological polar surface area (TPSA) is 44.7 Å². The highest BCUT2D eigenvalue weighted by Crippen LogP contribution is 2.25. The second-order valence-corrected chi connectivity index (χ2v) is 6.64. The lowest BCUT2D eigenvalue weighted by molar-refractivity contribution is 0.0171. The molecule has 128 valence electrons. The van der Waals surface area contributed by atoms with Crippen LogP contribution in [0.2, 0.25) is 0 Å². The highest BCUT2D eigenvalue weighted by atomic mass is 16.5. The van der Waals surface area contributed by atoms with Crippen LogP contribution in [-0.4, -0.2) is 41.8 Å². The zero-order valence-corrected chi connectivity index (χ0v) is 14.2. The second-order valence-electron chi connectivity index (χ2n) is 6.64. The molecule has 1 aliphatic rings. The molecular formula is C20H26N2O2. The van der Waals surface area contributed by atoms with Crippen molar-refractivity contribution in [3.63, 3.8) is 0 Å². The molecule has 24 heavy (non-hydrogen) atoms. The summed E-state index contributed by atoms with van der Waals surface area (Å²) in [5.74, 6) is 0.917. The molecule has 4 nitrogen and oxygen atoms in total. The van der Waals surface area contributed by atoms with E-state index in [4.69, 9.17) is 4.74 Å². The Morgan fingerprint density at radius 3 is 2.67 bits per heavy atom. The molecule has 1 heterocycles. The molecule has 0 saturated carbocycles. The standard InChI is InChI=1S/C20H26N2O2/c1-20(16-23)15-21-11-12-22(20)13-18-9-5-6-10-19(18)24-14-17-7-3-2-4-8-17/h2-10,21,23H,11-16H2,1H3. The first kappa shape index (κ1) is 17.0. The van der Waals surface area contributed by atoms with Gasteiger partial charge in [-0.1, -0.05) is 48.5 Å². The summed E-state index contributed by atoms with van der Waals surface area (Å²) in [7, 11) is 0. The summed E-state index contributed by atoms with van der Waals surface area (Å²) in [6.07, 6.45) is 0. The van der Waals surface area contributed by atoms with Crippen LogP contribution < -0.4 is 10.1 Å². The van der Waals surface area contributed by atoms with Crippen molar-refractivity contribution in [2.45, 2.75) is 25.6 Å². The first-order valence-electron chi connectivity index (χ1n) is 8.52. The minimum Gasteiger partial charge on any atom is -0.489 e. The number of aliphatic hydroxyl groups excluding tert-OH is 1. The van der Waals surface area contributed by atoms with E-state index in [0.717, 1.165) is 43.1 Å². The van der Waals surface area contributed by atoms with Crippen molar-refractivity contribution in [3.8, 4) is 5.75 Å². The maximum Gasteiger partial charge on any atom is 0.124 e. The van der Waals surface area contributed by atoms with Crippen LogP contribution >= 0.6 is 0 Å². The van der Waals surface area contributed by atoms with Crippen LogP contribution in [0.4, 0.5) is 0 Å². The highest BCUT2D eigenvalue weighted by Gasteiger charge is 2.33. The molecule has 1 unspecified atom stereocenters. The van der Waals surface area contributed by atoms with E-state index in [1.807, 2.05) is 36.4 Å². The predicted molar refractivity (Wildman–Crippen MR) is 96.0 cm³/mol. The van der Waals surface area contributed by atoms with E-state index < -0.39 is 0 Å². The van der Waals surface area contributed by atoms with Crippen LogP contribution in [0.15, 0.2) is 54.6 Å². The normalized spacial score (nSPS) is 21.6. The van der Waals surface area contributed by atoms with E-state index in [9.17, 15) is 5.11 Å². The minimum absolute atomic E-state index is 0.146. The zero-order valence-electron chi connectivity index (χ0n) is 14.2. The Morgan fingerprint density at radius 2 is 1.88 bits per heavy atom. The van der Waals surface area contributed by atoms with Crippen molar-refractivity contribution < 1.29 is 9.84 Å². The van der Waals surface area contributed by atoms with E-state index in [2.05, 4.69) is 35.3 Å². The predicted octanol–water partition coefficient (Wildman–Crippen LogP) is 2.42. The lowest BCUT2D eigenvalue weighted by Gasteiger charge is -2.44. The van der Waals surface area contributed by atoms with Crippen molar-refractivity contribution in [1.29, 1.82) is 0 Å². The van der Waals surface area contributed by atoms with Gasteiger partial charge in [0, 0.05) is 31.7 Å². The van der Waals surface area contributed by atoms with E-state index >= 15 is 0 Å². The summed E-state index contributed by atoms with van der Waals surface area (Å²) in [6.45, 7) is 6.27. The van der Waals surface area contributed by atoms with Crippen molar-refractivity contribution in [3.05, 3.63) is 65.7 Å². The lowest BCUT2D eigenvalue weighted by atomic mass is 9.97. The van der Waals surface area contributed by atoms with E-state index in [0.29, 0.717) is 6.61 Å². The number of hydrogen-bond acceptors (Lipinski definition) is 4. The molecule has 2 aromatic carbocycles. The van der Waals surface area contributed by atoms with Crippen LogP contribution in [0.25, 0.3) is 0 Å². The van der Waals surface area contributed by atoms with Gasteiger partial charge in [0.05, 0.1) is 12.1 Å². The summed E-state index contributed by atoms with van der Waals surface area (Å²) in [5.41, 5.74) is 2.09. The number of piperazine rings is 1. The quantitative estimate of drug-likeness (QED) is 0.856. The van der Waals surface area contributed by atoms with Crippen molar-refractivity contribution in [2.24, 2.45) is 0 Å². The molecule has 0 aromatic heterocycles. The van der Waals surface area contributed by atoms with Gasteiger partial charge >= 0.3 is 0 Å². The van der Waals surface area contributed by atoms with Gasteiger partial charge in [-0.3, -0.25) is 4.90 Å². The Bertz CT molecular complexity index is 647. The fourth-order valence-electron chi connectivity index (χ4n) is 3.10. The number of ether oxygens (including phenoxy) is 1. The van der Waals surface area contributed by atoms with Crippen molar-refractivity contribution >= 4 is 0 Å². The molecule has 0 amide bonds. The Kier molecular flexibility index (Phi) is 5.51. The number of rotatable bonds is 6. The first-order chi connectivity index (χ1) is 11.7. The van der Waals surface area contributed by atoms with E-state index in [1.165, 1.54) is 0 Å². The fraction of sp³-hybridized carbons (Fsp3) is 0.400. The van der Waals surface area contributed by atoms with Gasteiger partial charge in [0.2, 0.25) is 0 Å². The molecule has 1 fully saturated rings. The Balaban J connectivity index is 1.72. The fourth-order valence-corrected chi connectivity index (χ4v) is 3.10. The molecule has 0 spiro atoms. The van der Waals surface area contributed by atoms with Gasteiger partial charge in [0.1, 0.15) is 12.4 Å². The molecule has 1 aliphatic heterocycles. The summed E-state index contributed by atoms with van der Waals surface area (Å²) in [5, 5.41) is 13.2. The molecule has 2 N–H and O–H groups in total. The average Bonchev–Trinajstić information content (AvgIpc) is 2.64. The minimum atomic E-state index is -0.231. The molecule has 3 rings (SSSR count). The van der Waals surface area contributed by atoms with E-state index in [-0.39, 0.29) is 12.1 Å². The zero-order chi connectivity index (χ0) is 16.8. The van der Waals surface area contributed by atoms with Crippen LogP contribution in [0.3, 0.4) is 0 Å². The first-order valence-corrected chi connectivity index (χ1v) is 8.52. The average molecular weight is 326 g/mol. The van der Waals surface area contributed by atoms with Crippen LogP contribution in [0, 0.1) is 0 Å². The number of nitrogens with one attached hydrogen (secondary N) is 1. The highest BCUT2D eigenvalue weighted by molar-refractivity contribution is 5.34. The molecule has 0 bridgehead atoms. The van der Waals surface area contributed by atoms with Crippen LogP contribution in [0.1, 0.15) is 18.1 Å². The lowest BCUT2D eigenvalue weighted by Crippen LogP contribution is -2.61. The summed E-state index contributed by atoms with van der Waals surface area (Å²) < 4.78 is 6.06. The SMILES string of the molecule is CC1(CO)CNCCN1Cc1ccccc1OCc1ccccc1. The Morgan fingerprint density at radius 1 is 1.12 bits per heavy atom. The number of hydrogen-bond donors (Lipinski definition) is 2. The summed E-state index contributed by atoms with van der Waals surface area (Å²) >= 11 is 0. The van der Waals surface area contributed by atoms with Gasteiger partial charge in [-0.2, -0.15) is 0 Å². The number of aliphatic hydroxyl groups is 1. The van der Waals surface area contributed by atoms with Crippen LogP contribution in [-0.2, 0) is 13.2 Å². The van der Waals surface area contributed by atoms with Crippen LogP contribution in [0.5, 0.6) is 5.75 Å². The van der Waals surface area contributed by atoms with Gasteiger partial charge < -0.3 is 15.2 Å². The van der Waals surface area contributed by atoms with Crippen molar-refractivity contribution in [2.75, 3.05) is 26.2 Å². The van der Waals surface area contributed by atoms with Gasteiger partial charge in [0.25, 0.3) is 0 Å². The third-order valence-electron chi connectivity index (χ3n) is 4.74. The maximum atomic E-state index is 9.81. The molecule has 1 atom stereocenters. The van der Waals surface area contributed by atoms with Gasteiger partial charge in [-0.25, -0.2) is 0 Å². The molecule has 1 saturated heterocycles. The number of benzene rings is 2.